The third kappa shape index (κ3) is 2.45. The summed E-state index contributed by atoms with van der Waals surface area (Å²) in [5.41, 5.74) is 0.716. The highest BCUT2D eigenvalue weighted by molar-refractivity contribution is 7.59. The van der Waals surface area contributed by atoms with Gasteiger partial charge in [-0.2, -0.15) is 0 Å². The summed E-state index contributed by atoms with van der Waals surface area (Å²) in [7, 11) is 0.0866. The van der Waals surface area contributed by atoms with E-state index in [9.17, 15) is 0 Å². The van der Waals surface area contributed by atoms with Gasteiger partial charge in [0.2, 0.25) is 0 Å². The van der Waals surface area contributed by atoms with Gasteiger partial charge in [0, 0.05) is 5.66 Å². The topological polar surface area (TPSA) is 0 Å². The van der Waals surface area contributed by atoms with E-state index in [1.807, 2.05) is 0 Å². The molecule has 0 aromatic rings. The van der Waals surface area contributed by atoms with E-state index < -0.39 is 0 Å². The van der Waals surface area contributed by atoms with E-state index in [2.05, 4.69) is 51.7 Å². The third-order valence-electron chi connectivity index (χ3n) is 2.44. The first-order valence-electron chi connectivity index (χ1n) is 4.58. The Morgan fingerprint density at radius 3 is 2.08 bits per heavy atom. The van der Waals surface area contributed by atoms with Gasteiger partial charge in [-0.15, -0.1) is 0 Å². The maximum absolute atomic E-state index is 2.40. The molecule has 0 spiro atoms. The van der Waals surface area contributed by atoms with E-state index in [-0.39, 0.29) is 7.92 Å². The first-order valence-corrected chi connectivity index (χ1v) is 6.44. The SMILES string of the molecule is CP(C1C=CCC=C1)C(C)(C)C. The number of allylic oxidation sites excluding steroid dienone is 4. The monoisotopic (exact) mass is 182 g/mol. The van der Waals surface area contributed by atoms with Crippen molar-refractivity contribution >= 4 is 7.92 Å². The zero-order valence-corrected chi connectivity index (χ0v) is 9.44. The minimum atomic E-state index is 0.0866. The first kappa shape index (κ1) is 9.99. The fourth-order valence-electron chi connectivity index (χ4n) is 1.28. The van der Waals surface area contributed by atoms with Crippen LogP contribution >= 0.6 is 7.92 Å². The molecule has 0 aromatic heterocycles. The van der Waals surface area contributed by atoms with Crippen molar-refractivity contribution in [3.63, 3.8) is 0 Å². The van der Waals surface area contributed by atoms with Crippen molar-refractivity contribution in [3.8, 4) is 0 Å². The lowest BCUT2D eigenvalue weighted by Crippen LogP contribution is -2.17. The van der Waals surface area contributed by atoms with E-state index in [0.717, 1.165) is 6.42 Å². The highest BCUT2D eigenvalue weighted by Crippen LogP contribution is 2.51. The number of hydrogen-bond acceptors (Lipinski definition) is 0. The molecule has 68 valence electrons. The van der Waals surface area contributed by atoms with Gasteiger partial charge >= 0.3 is 0 Å². The van der Waals surface area contributed by atoms with E-state index in [0.29, 0.717) is 10.8 Å². The van der Waals surface area contributed by atoms with Crippen molar-refractivity contribution in [2.75, 3.05) is 6.66 Å². The van der Waals surface area contributed by atoms with Crippen molar-refractivity contribution in [1.29, 1.82) is 0 Å². The summed E-state index contributed by atoms with van der Waals surface area (Å²) in [4.78, 5) is 0. The van der Waals surface area contributed by atoms with Crippen molar-refractivity contribution in [2.24, 2.45) is 0 Å². The lowest BCUT2D eigenvalue weighted by atomic mass is 10.2. The van der Waals surface area contributed by atoms with Gasteiger partial charge < -0.3 is 0 Å². The van der Waals surface area contributed by atoms with Crippen molar-refractivity contribution in [2.45, 2.75) is 38.0 Å². The Labute approximate surface area is 77.5 Å². The molecule has 0 bridgehead atoms. The Bertz CT molecular complexity index is 184. The minimum Gasteiger partial charge on any atom is -0.0934 e. The molecule has 0 fully saturated rings. The first-order chi connectivity index (χ1) is 5.52. The summed E-state index contributed by atoms with van der Waals surface area (Å²) < 4.78 is 0. The van der Waals surface area contributed by atoms with Gasteiger partial charge in [-0.3, -0.25) is 0 Å². The average molecular weight is 182 g/mol. The molecule has 0 heterocycles. The van der Waals surface area contributed by atoms with E-state index in [1.165, 1.54) is 0 Å². The fraction of sp³-hybridized carbons (Fsp3) is 0.636. The van der Waals surface area contributed by atoms with Gasteiger partial charge in [0.1, 0.15) is 0 Å². The molecule has 1 rings (SSSR count). The van der Waals surface area contributed by atoms with Gasteiger partial charge in [0.05, 0.1) is 0 Å². The highest BCUT2D eigenvalue weighted by atomic mass is 31.1. The van der Waals surface area contributed by atoms with Crippen LogP contribution in [0.25, 0.3) is 0 Å². The van der Waals surface area contributed by atoms with Gasteiger partial charge in [0.15, 0.2) is 0 Å². The van der Waals surface area contributed by atoms with Gasteiger partial charge in [-0.05, 0) is 18.2 Å². The molecule has 0 amide bonds. The fourth-order valence-corrected chi connectivity index (χ4v) is 2.94. The summed E-state index contributed by atoms with van der Waals surface area (Å²) in [6.07, 6.45) is 10.4. The second kappa shape index (κ2) is 3.75. The van der Waals surface area contributed by atoms with Crippen LogP contribution in [0.3, 0.4) is 0 Å². The number of hydrogen-bond donors (Lipinski definition) is 0. The zero-order chi connectivity index (χ0) is 9.19. The average Bonchev–Trinajstić information content (AvgIpc) is 2.03. The lowest BCUT2D eigenvalue weighted by Gasteiger charge is -2.32. The van der Waals surface area contributed by atoms with Crippen molar-refractivity contribution < 1.29 is 0 Å². The minimum absolute atomic E-state index is 0.0866. The van der Waals surface area contributed by atoms with Crippen LogP contribution in [-0.4, -0.2) is 17.5 Å². The molecule has 0 saturated carbocycles. The standard InChI is InChI=1S/C11H19P/c1-11(2,3)12(4)10-8-6-5-7-9-10/h6-10H,5H2,1-4H3. The highest BCUT2D eigenvalue weighted by Gasteiger charge is 2.24. The molecule has 1 atom stereocenters. The van der Waals surface area contributed by atoms with Crippen LogP contribution in [0.5, 0.6) is 0 Å². The second-order valence-electron chi connectivity index (χ2n) is 4.36. The van der Waals surface area contributed by atoms with Crippen LogP contribution in [0.1, 0.15) is 27.2 Å². The molecule has 0 saturated heterocycles. The maximum atomic E-state index is 2.40. The molecule has 1 heteroatoms. The molecule has 1 aliphatic carbocycles. The van der Waals surface area contributed by atoms with Gasteiger partial charge in [-0.1, -0.05) is 53.0 Å². The predicted octanol–water partition coefficient (Wildman–Crippen LogP) is 3.78. The third-order valence-corrected chi connectivity index (χ3v) is 5.80. The quantitative estimate of drug-likeness (QED) is 0.427. The molecule has 1 aliphatic rings. The molecule has 0 nitrogen and oxygen atoms in total. The zero-order valence-electron chi connectivity index (χ0n) is 8.54. The lowest BCUT2D eigenvalue weighted by molar-refractivity contribution is 0.781. The summed E-state index contributed by atoms with van der Waals surface area (Å²) in [5, 5.41) is 0.478. The molecule has 0 aromatic carbocycles. The van der Waals surface area contributed by atoms with E-state index in [1.54, 1.807) is 0 Å². The van der Waals surface area contributed by atoms with Crippen LogP contribution < -0.4 is 0 Å². The van der Waals surface area contributed by atoms with E-state index >= 15 is 0 Å². The Balaban J connectivity index is 2.63. The molecule has 0 radical (unpaired) electrons. The van der Waals surface area contributed by atoms with Gasteiger partial charge in [0.25, 0.3) is 0 Å². The van der Waals surface area contributed by atoms with Crippen LogP contribution in [0.2, 0.25) is 0 Å². The number of rotatable bonds is 1. The van der Waals surface area contributed by atoms with Crippen LogP contribution in [0, 0.1) is 0 Å². The molecule has 1 unspecified atom stereocenters. The Hall–Kier alpha value is -0.0900. The summed E-state index contributed by atoms with van der Waals surface area (Å²) in [6, 6.07) is 0. The summed E-state index contributed by atoms with van der Waals surface area (Å²) >= 11 is 0. The van der Waals surface area contributed by atoms with Crippen LogP contribution in [0.15, 0.2) is 24.3 Å². The summed E-state index contributed by atoms with van der Waals surface area (Å²) in [6.45, 7) is 9.43. The molecule has 12 heavy (non-hydrogen) atoms. The second-order valence-corrected chi connectivity index (χ2v) is 7.52. The molecule has 0 aliphatic heterocycles. The molecule has 0 N–H and O–H groups in total. The van der Waals surface area contributed by atoms with Crippen molar-refractivity contribution in [3.05, 3.63) is 24.3 Å². The molecular weight excluding hydrogens is 163 g/mol. The van der Waals surface area contributed by atoms with Crippen LogP contribution in [-0.2, 0) is 0 Å². The Morgan fingerprint density at radius 2 is 1.67 bits per heavy atom. The van der Waals surface area contributed by atoms with Gasteiger partial charge in [-0.25, -0.2) is 0 Å². The Morgan fingerprint density at radius 1 is 1.17 bits per heavy atom. The van der Waals surface area contributed by atoms with Crippen molar-refractivity contribution in [1.82, 2.24) is 0 Å². The normalized spacial score (nSPS) is 21.3. The maximum Gasteiger partial charge on any atom is 0.0152 e. The van der Waals surface area contributed by atoms with E-state index in [4.69, 9.17) is 0 Å². The molecular formula is C11H19P. The predicted molar refractivity (Wildman–Crippen MR) is 59.3 cm³/mol. The smallest absolute Gasteiger partial charge is 0.0152 e. The largest absolute Gasteiger partial charge is 0.0934 e. The van der Waals surface area contributed by atoms with Crippen LogP contribution in [0.4, 0.5) is 0 Å². The Kier molecular flexibility index (Phi) is 3.12. The summed E-state index contributed by atoms with van der Waals surface area (Å²) in [5.74, 6) is 0.